The number of nitrogens with one attached hydrogen (secondary N) is 2. The number of fused-ring (bicyclic) bond motifs is 1. The fourth-order valence-electron chi connectivity index (χ4n) is 5.52. The van der Waals surface area contributed by atoms with Crippen LogP contribution in [0.2, 0.25) is 0 Å². The number of aromatic nitrogens is 4. The largest absolute Gasteiger partial charge is 0.393 e. The second-order valence-electron chi connectivity index (χ2n) is 10.3. The molecular weight excluding hydrogens is 462 g/mol. The van der Waals surface area contributed by atoms with Crippen LogP contribution in [0, 0.1) is 0 Å². The van der Waals surface area contributed by atoms with Crippen molar-refractivity contribution in [2.75, 3.05) is 23.7 Å². The number of nitrogens with zero attached hydrogens (tertiary/aromatic N) is 5. The third-order valence-corrected chi connectivity index (χ3v) is 7.64. The van der Waals surface area contributed by atoms with E-state index >= 15 is 0 Å². The van der Waals surface area contributed by atoms with E-state index in [2.05, 4.69) is 58.0 Å². The molecule has 1 aliphatic heterocycles. The van der Waals surface area contributed by atoms with Gasteiger partial charge < -0.3 is 15.7 Å². The molecule has 192 valence electrons. The molecule has 6 rings (SSSR count). The summed E-state index contributed by atoms with van der Waals surface area (Å²) in [4.78, 5) is 17.1. The number of likely N-dealkylation sites (tertiary alicyclic amines) is 1. The summed E-state index contributed by atoms with van der Waals surface area (Å²) in [5.41, 5.74) is 3.98. The molecule has 8 heteroatoms. The van der Waals surface area contributed by atoms with Gasteiger partial charge in [-0.1, -0.05) is 48.5 Å². The first kappa shape index (κ1) is 23.9. The average Bonchev–Trinajstić information content (AvgIpc) is 3.37. The Morgan fingerprint density at radius 1 is 0.784 bits per heavy atom. The summed E-state index contributed by atoms with van der Waals surface area (Å²) in [7, 11) is 0. The number of para-hydroxylation sites is 1. The van der Waals surface area contributed by atoms with Gasteiger partial charge in [-0.05, 0) is 56.2 Å². The molecule has 0 amide bonds. The van der Waals surface area contributed by atoms with Gasteiger partial charge in [0.15, 0.2) is 17.0 Å². The molecule has 2 fully saturated rings. The number of hydrogen-bond donors (Lipinski definition) is 3. The van der Waals surface area contributed by atoms with Gasteiger partial charge in [-0.15, -0.1) is 0 Å². The van der Waals surface area contributed by atoms with Gasteiger partial charge in [0.1, 0.15) is 6.33 Å². The summed E-state index contributed by atoms with van der Waals surface area (Å²) >= 11 is 0. The molecule has 1 saturated heterocycles. The highest BCUT2D eigenvalue weighted by Gasteiger charge is 2.24. The number of aliphatic hydroxyl groups excluding tert-OH is 1. The SMILES string of the molecule is OC1CCC(Nc2nc(NC3CCN(Cc4ccccc4)CC3)c3ncn(-c4ccccc4)c3n2)CC1. The first-order chi connectivity index (χ1) is 18.2. The second-order valence-corrected chi connectivity index (χ2v) is 10.3. The molecule has 2 aromatic heterocycles. The Bertz CT molecular complexity index is 1290. The number of rotatable bonds is 7. The van der Waals surface area contributed by atoms with Gasteiger partial charge in [-0.2, -0.15) is 9.97 Å². The highest BCUT2D eigenvalue weighted by atomic mass is 16.3. The Morgan fingerprint density at radius 2 is 1.46 bits per heavy atom. The lowest BCUT2D eigenvalue weighted by Gasteiger charge is -2.32. The molecule has 4 aromatic rings. The van der Waals surface area contributed by atoms with Crippen molar-refractivity contribution >= 4 is 22.9 Å². The van der Waals surface area contributed by atoms with Crippen LogP contribution in [0.25, 0.3) is 16.9 Å². The van der Waals surface area contributed by atoms with E-state index in [0.717, 1.165) is 80.8 Å². The van der Waals surface area contributed by atoms with Crippen LogP contribution in [0.3, 0.4) is 0 Å². The molecule has 2 aromatic carbocycles. The summed E-state index contributed by atoms with van der Waals surface area (Å²) in [6, 6.07) is 21.5. The maximum Gasteiger partial charge on any atom is 0.227 e. The molecule has 0 bridgehead atoms. The maximum absolute atomic E-state index is 9.91. The van der Waals surface area contributed by atoms with Crippen molar-refractivity contribution in [3.05, 3.63) is 72.6 Å². The van der Waals surface area contributed by atoms with E-state index in [1.807, 2.05) is 29.1 Å². The van der Waals surface area contributed by atoms with Crippen molar-refractivity contribution in [1.82, 2.24) is 24.4 Å². The molecule has 8 nitrogen and oxygen atoms in total. The number of aliphatic hydroxyl groups is 1. The van der Waals surface area contributed by atoms with E-state index in [1.54, 1.807) is 0 Å². The molecule has 1 saturated carbocycles. The van der Waals surface area contributed by atoms with Crippen molar-refractivity contribution in [2.45, 2.75) is 63.3 Å². The number of benzene rings is 2. The van der Waals surface area contributed by atoms with Gasteiger partial charge in [0.05, 0.1) is 6.10 Å². The zero-order valence-electron chi connectivity index (χ0n) is 21.1. The smallest absolute Gasteiger partial charge is 0.227 e. The maximum atomic E-state index is 9.91. The van der Waals surface area contributed by atoms with Crippen LogP contribution in [-0.2, 0) is 6.54 Å². The molecule has 1 aliphatic carbocycles. The van der Waals surface area contributed by atoms with E-state index in [-0.39, 0.29) is 12.1 Å². The number of hydrogen-bond acceptors (Lipinski definition) is 7. The summed E-state index contributed by atoms with van der Waals surface area (Å²) < 4.78 is 2.03. The fraction of sp³-hybridized carbons (Fsp3) is 0.414. The predicted molar refractivity (Wildman–Crippen MR) is 147 cm³/mol. The first-order valence-corrected chi connectivity index (χ1v) is 13.5. The lowest BCUT2D eigenvalue weighted by molar-refractivity contribution is 0.126. The van der Waals surface area contributed by atoms with Crippen LogP contribution in [0.1, 0.15) is 44.1 Å². The third kappa shape index (κ3) is 5.60. The van der Waals surface area contributed by atoms with Gasteiger partial charge >= 0.3 is 0 Å². The zero-order chi connectivity index (χ0) is 25.0. The number of imidazole rings is 1. The summed E-state index contributed by atoms with van der Waals surface area (Å²) in [6.07, 6.45) is 7.23. The molecule has 0 unspecified atom stereocenters. The van der Waals surface area contributed by atoms with E-state index in [4.69, 9.17) is 15.0 Å². The predicted octanol–water partition coefficient (Wildman–Crippen LogP) is 4.61. The van der Waals surface area contributed by atoms with Crippen molar-refractivity contribution in [1.29, 1.82) is 0 Å². The fourth-order valence-corrected chi connectivity index (χ4v) is 5.52. The van der Waals surface area contributed by atoms with E-state index in [1.165, 1.54) is 5.56 Å². The Balaban J connectivity index is 1.22. The monoisotopic (exact) mass is 497 g/mol. The average molecular weight is 498 g/mol. The lowest BCUT2D eigenvalue weighted by atomic mass is 9.93. The highest BCUT2D eigenvalue weighted by molar-refractivity contribution is 5.85. The minimum Gasteiger partial charge on any atom is -0.393 e. The van der Waals surface area contributed by atoms with Crippen LogP contribution in [-0.4, -0.2) is 60.8 Å². The van der Waals surface area contributed by atoms with Crippen molar-refractivity contribution in [2.24, 2.45) is 0 Å². The quantitative estimate of drug-likeness (QED) is 0.344. The molecule has 2 aliphatic rings. The highest BCUT2D eigenvalue weighted by Crippen LogP contribution is 2.28. The summed E-state index contributed by atoms with van der Waals surface area (Å²) in [5.74, 6) is 1.41. The van der Waals surface area contributed by atoms with Crippen molar-refractivity contribution in [3.63, 3.8) is 0 Å². The first-order valence-electron chi connectivity index (χ1n) is 13.5. The summed E-state index contributed by atoms with van der Waals surface area (Å²) in [5, 5.41) is 17.2. The van der Waals surface area contributed by atoms with E-state index in [0.29, 0.717) is 12.0 Å². The minimum atomic E-state index is -0.189. The molecule has 0 spiro atoms. The van der Waals surface area contributed by atoms with Crippen LogP contribution in [0.4, 0.5) is 11.8 Å². The van der Waals surface area contributed by atoms with Gasteiger partial charge in [0, 0.05) is 37.4 Å². The van der Waals surface area contributed by atoms with Gasteiger partial charge in [0.2, 0.25) is 5.95 Å². The normalized spacial score (nSPS) is 21.2. The third-order valence-electron chi connectivity index (χ3n) is 7.64. The Hall–Kier alpha value is -3.49. The minimum absolute atomic E-state index is 0.189. The molecular formula is C29H35N7O. The van der Waals surface area contributed by atoms with Crippen LogP contribution >= 0.6 is 0 Å². The van der Waals surface area contributed by atoms with E-state index < -0.39 is 0 Å². The molecule has 0 radical (unpaired) electrons. The Morgan fingerprint density at radius 3 is 2.19 bits per heavy atom. The zero-order valence-corrected chi connectivity index (χ0v) is 21.1. The number of anilines is 2. The van der Waals surface area contributed by atoms with Crippen LogP contribution in [0.5, 0.6) is 0 Å². The number of piperidine rings is 1. The van der Waals surface area contributed by atoms with Gasteiger partial charge in [0.25, 0.3) is 0 Å². The standard InChI is InChI=1S/C29H35N7O/c37-25-13-11-22(12-14-25)32-29-33-27(26-28(34-29)36(20-30-26)24-9-5-2-6-10-24)31-23-15-17-35(18-16-23)19-21-7-3-1-4-8-21/h1-10,20,22-23,25,37H,11-19H2,(H2,31,32,33,34). The molecule has 0 atom stereocenters. The van der Waals surface area contributed by atoms with Gasteiger partial charge in [-0.3, -0.25) is 9.47 Å². The molecule has 3 heterocycles. The van der Waals surface area contributed by atoms with Crippen molar-refractivity contribution < 1.29 is 5.11 Å². The molecule has 3 N–H and O–H groups in total. The van der Waals surface area contributed by atoms with Crippen LogP contribution in [0.15, 0.2) is 67.0 Å². The van der Waals surface area contributed by atoms with Crippen molar-refractivity contribution in [3.8, 4) is 5.69 Å². The second kappa shape index (κ2) is 10.9. The lowest BCUT2D eigenvalue weighted by Crippen LogP contribution is -2.38. The van der Waals surface area contributed by atoms with Crippen LogP contribution < -0.4 is 10.6 Å². The Labute approximate surface area is 217 Å². The van der Waals surface area contributed by atoms with E-state index in [9.17, 15) is 5.11 Å². The van der Waals surface area contributed by atoms with Gasteiger partial charge in [-0.25, -0.2) is 4.98 Å². The molecule has 37 heavy (non-hydrogen) atoms. The Kier molecular flexibility index (Phi) is 7.01. The topological polar surface area (TPSA) is 91.1 Å². The summed E-state index contributed by atoms with van der Waals surface area (Å²) in [6.45, 7) is 3.10.